The van der Waals surface area contributed by atoms with E-state index in [1.807, 2.05) is 0 Å². The molecule has 0 N–H and O–H groups in total. The van der Waals surface area contributed by atoms with Crippen LogP contribution in [0, 0.1) is 0 Å². The Morgan fingerprint density at radius 1 is 1.50 bits per heavy atom. The maximum absolute atomic E-state index is 10.6. The minimum absolute atomic E-state index is 0. The van der Waals surface area contributed by atoms with Gasteiger partial charge in [-0.3, -0.25) is 4.79 Å². The van der Waals surface area contributed by atoms with Gasteiger partial charge in [-0.15, -0.1) is 13.2 Å². The van der Waals surface area contributed by atoms with Gasteiger partial charge in [-0.05, 0) is 0 Å². The molecule has 6 heteroatoms. The van der Waals surface area contributed by atoms with Crippen molar-refractivity contribution in [2.24, 2.45) is 0 Å². The zero-order valence-corrected chi connectivity index (χ0v) is 4.03. The van der Waals surface area contributed by atoms with E-state index < -0.39 is 12.8 Å². The summed E-state index contributed by atoms with van der Waals surface area (Å²) in [5, 5.41) is 0. The third kappa shape index (κ3) is 9.29. The van der Waals surface area contributed by atoms with Crippen LogP contribution in [0.15, 0.2) is 0 Å². The summed E-state index contributed by atoms with van der Waals surface area (Å²) in [6.45, 7) is -0.667. The standard InChI is InChI=1S/C2HF3O2.Li.H/c3-2(4,5)7-1-6;;/h1H;;/q;+1;-1. The van der Waals surface area contributed by atoms with Crippen molar-refractivity contribution in [3.8, 4) is 0 Å². The minimum Gasteiger partial charge on any atom is -1.00 e. The van der Waals surface area contributed by atoms with Crippen LogP contribution in [0.25, 0.3) is 0 Å². The van der Waals surface area contributed by atoms with Crippen LogP contribution in [0.2, 0.25) is 0 Å². The van der Waals surface area contributed by atoms with E-state index in [4.69, 9.17) is 4.79 Å². The molecule has 0 saturated heterocycles. The van der Waals surface area contributed by atoms with E-state index in [-0.39, 0.29) is 20.3 Å². The molecule has 8 heavy (non-hydrogen) atoms. The fourth-order valence-corrected chi connectivity index (χ4v) is 0.0546. The number of rotatable bonds is 1. The maximum Gasteiger partial charge on any atom is 1.00 e. The van der Waals surface area contributed by atoms with Gasteiger partial charge in [0, 0.05) is 0 Å². The molecular formula is C2H2F3LiO2. The molecule has 0 saturated carbocycles. The van der Waals surface area contributed by atoms with Gasteiger partial charge in [-0.25, -0.2) is 0 Å². The summed E-state index contributed by atoms with van der Waals surface area (Å²) in [5.41, 5.74) is 0. The molecule has 0 aromatic carbocycles. The van der Waals surface area contributed by atoms with E-state index in [2.05, 4.69) is 4.74 Å². The smallest absolute Gasteiger partial charge is 1.00 e. The van der Waals surface area contributed by atoms with Gasteiger partial charge in [0.1, 0.15) is 0 Å². The van der Waals surface area contributed by atoms with Crippen LogP contribution in [0.4, 0.5) is 13.2 Å². The average Bonchev–Trinajstić information content (AvgIpc) is 1.30. The van der Waals surface area contributed by atoms with Crippen LogP contribution in [-0.2, 0) is 9.53 Å². The molecule has 0 aliphatic rings. The third-order valence-electron chi connectivity index (χ3n) is 0.182. The van der Waals surface area contributed by atoms with Crippen molar-refractivity contribution in [1.82, 2.24) is 0 Å². The molecule has 0 aromatic heterocycles. The SMILES string of the molecule is O=COC(F)(F)F.[H-].[Li+]. The summed E-state index contributed by atoms with van der Waals surface area (Å²) in [7, 11) is 0. The Morgan fingerprint density at radius 2 is 1.88 bits per heavy atom. The van der Waals surface area contributed by atoms with Crippen LogP contribution in [-0.4, -0.2) is 12.8 Å². The number of alkyl halides is 3. The van der Waals surface area contributed by atoms with E-state index in [0.717, 1.165) is 0 Å². The molecule has 2 nitrogen and oxygen atoms in total. The fraction of sp³-hybridized carbons (Fsp3) is 0.500. The van der Waals surface area contributed by atoms with Crippen molar-refractivity contribution in [3.63, 3.8) is 0 Å². The number of ether oxygens (including phenoxy) is 1. The van der Waals surface area contributed by atoms with Crippen LogP contribution in [0.5, 0.6) is 0 Å². The molecule has 0 atom stereocenters. The molecule has 0 heterocycles. The van der Waals surface area contributed by atoms with Crippen molar-refractivity contribution in [3.05, 3.63) is 0 Å². The number of hydrogen-bond donors (Lipinski definition) is 0. The Hall–Kier alpha value is -0.143. The Bertz CT molecular complexity index is 74.7. The first-order valence-corrected chi connectivity index (χ1v) is 1.24. The number of carbonyl (C=O) groups is 1. The first-order chi connectivity index (χ1) is 3.06. The Labute approximate surface area is 56.7 Å². The third-order valence-corrected chi connectivity index (χ3v) is 0.182. The van der Waals surface area contributed by atoms with E-state index in [0.29, 0.717) is 0 Å². The second-order valence-corrected chi connectivity index (χ2v) is 0.660. The molecule has 0 spiro atoms. The monoisotopic (exact) mass is 122 g/mol. The Balaban J connectivity index is -0.000000180. The summed E-state index contributed by atoms with van der Waals surface area (Å²) < 4.78 is 34.4. The molecule has 0 aliphatic heterocycles. The first-order valence-electron chi connectivity index (χ1n) is 1.24. The van der Waals surface area contributed by atoms with Gasteiger partial charge in [-0.2, -0.15) is 0 Å². The topological polar surface area (TPSA) is 26.3 Å². The quantitative estimate of drug-likeness (QED) is 0.291. The van der Waals surface area contributed by atoms with E-state index >= 15 is 0 Å². The molecule has 0 bridgehead atoms. The largest absolute Gasteiger partial charge is 1.00 e. The van der Waals surface area contributed by atoms with Crippen molar-refractivity contribution in [2.75, 3.05) is 0 Å². The van der Waals surface area contributed by atoms with E-state index in [1.54, 1.807) is 0 Å². The van der Waals surface area contributed by atoms with E-state index in [9.17, 15) is 13.2 Å². The Kier molecular flexibility index (Phi) is 5.13. The van der Waals surface area contributed by atoms with Crippen LogP contribution in [0.1, 0.15) is 1.43 Å². The normalized spacial score (nSPS) is 9.38. The second-order valence-electron chi connectivity index (χ2n) is 0.660. The van der Waals surface area contributed by atoms with Gasteiger partial charge in [0.2, 0.25) is 0 Å². The van der Waals surface area contributed by atoms with Crippen molar-refractivity contribution in [1.29, 1.82) is 0 Å². The number of carbonyl (C=O) groups excluding carboxylic acids is 1. The molecule has 0 rings (SSSR count). The summed E-state index contributed by atoms with van der Waals surface area (Å²) >= 11 is 0. The van der Waals surface area contributed by atoms with Gasteiger partial charge >= 0.3 is 25.2 Å². The molecule has 0 radical (unpaired) electrons. The molecular weight excluding hydrogens is 120 g/mol. The van der Waals surface area contributed by atoms with Crippen molar-refractivity contribution in [2.45, 2.75) is 6.36 Å². The molecule has 44 valence electrons. The zero-order valence-electron chi connectivity index (χ0n) is 5.03. The summed E-state index contributed by atoms with van der Waals surface area (Å²) in [5.74, 6) is 0. The predicted octanol–water partition coefficient (Wildman–Crippen LogP) is -2.20. The minimum atomic E-state index is -4.82. The molecule has 0 fully saturated rings. The summed E-state index contributed by atoms with van der Waals surface area (Å²) in [6, 6.07) is 0. The van der Waals surface area contributed by atoms with E-state index in [1.165, 1.54) is 0 Å². The van der Waals surface area contributed by atoms with Gasteiger partial charge in [0.15, 0.2) is 0 Å². The summed E-state index contributed by atoms with van der Waals surface area (Å²) in [6.07, 6.45) is -4.82. The molecule has 0 unspecified atom stereocenters. The van der Waals surface area contributed by atoms with Gasteiger partial charge in [-0.1, -0.05) is 0 Å². The predicted molar refractivity (Wildman–Crippen MR) is 14.3 cm³/mol. The number of hydrogen-bond acceptors (Lipinski definition) is 2. The van der Waals surface area contributed by atoms with Gasteiger partial charge < -0.3 is 6.16 Å². The number of halogens is 3. The molecule has 0 aliphatic carbocycles. The molecule has 0 amide bonds. The second kappa shape index (κ2) is 3.81. The summed E-state index contributed by atoms with van der Waals surface area (Å²) in [4.78, 5) is 8.88. The maximum atomic E-state index is 10.6. The fourth-order valence-electron chi connectivity index (χ4n) is 0.0546. The van der Waals surface area contributed by atoms with Gasteiger partial charge in [0.25, 0.3) is 6.47 Å². The Morgan fingerprint density at radius 3 is 1.88 bits per heavy atom. The van der Waals surface area contributed by atoms with Crippen LogP contribution >= 0.6 is 0 Å². The van der Waals surface area contributed by atoms with Crippen LogP contribution < -0.4 is 18.9 Å². The van der Waals surface area contributed by atoms with Crippen molar-refractivity contribution < 1.29 is 43.0 Å². The first kappa shape index (κ1) is 10.8. The van der Waals surface area contributed by atoms with Gasteiger partial charge in [0.05, 0.1) is 0 Å². The zero-order chi connectivity index (χ0) is 5.91. The molecule has 0 aromatic rings. The van der Waals surface area contributed by atoms with Crippen LogP contribution in [0.3, 0.4) is 0 Å². The van der Waals surface area contributed by atoms with Crippen molar-refractivity contribution >= 4 is 6.47 Å². The average molecular weight is 122 g/mol.